The van der Waals surface area contributed by atoms with Crippen LogP contribution in [0.4, 0.5) is 4.79 Å². The fraction of sp³-hybridized carbons (Fsp3) is 0.765. The minimum absolute atomic E-state index is 0.0412. The van der Waals surface area contributed by atoms with Gasteiger partial charge in [-0.1, -0.05) is 6.07 Å². The molecule has 4 N–H and O–H groups in total. The van der Waals surface area contributed by atoms with Crippen molar-refractivity contribution in [3.8, 4) is 11.5 Å². The van der Waals surface area contributed by atoms with Gasteiger partial charge in [-0.2, -0.15) is 0 Å². The van der Waals surface area contributed by atoms with Crippen molar-refractivity contribution >= 4 is 12.0 Å². The van der Waals surface area contributed by atoms with E-state index in [-0.39, 0.29) is 41.8 Å². The molecular formula is C34H51N4O6+. The van der Waals surface area contributed by atoms with Gasteiger partial charge in [0.15, 0.2) is 11.5 Å². The molecule has 5 aliphatic carbocycles. The van der Waals surface area contributed by atoms with E-state index >= 15 is 0 Å². The van der Waals surface area contributed by atoms with Crippen LogP contribution in [0.2, 0.25) is 0 Å². The Morgan fingerprint density at radius 3 is 2.68 bits per heavy atom. The molecule has 1 aromatic rings. The number of rotatable bonds is 9. The highest BCUT2D eigenvalue weighted by Crippen LogP contribution is 2.78. The maximum absolute atomic E-state index is 13.3. The molecule has 1 saturated heterocycles. The van der Waals surface area contributed by atoms with Crippen LogP contribution in [0, 0.1) is 17.3 Å². The van der Waals surface area contributed by atoms with Crippen LogP contribution in [0.1, 0.15) is 70.4 Å². The first kappa shape index (κ1) is 30.3. The molecule has 4 bridgehead atoms. The largest absolute Gasteiger partial charge is 0.482 e. The molecular weight excluding hydrogens is 560 g/mol. The predicted octanol–water partition coefficient (Wildman–Crippen LogP) is 2.72. The molecule has 1 unspecified atom stereocenters. The molecule has 2 spiro atoms. The van der Waals surface area contributed by atoms with Gasteiger partial charge in [0.2, 0.25) is 5.91 Å². The topological polar surface area (TPSA) is 123 Å². The van der Waals surface area contributed by atoms with E-state index in [1.807, 2.05) is 19.9 Å². The molecule has 2 heterocycles. The second-order valence-electron chi connectivity index (χ2n) is 15.8. The summed E-state index contributed by atoms with van der Waals surface area (Å²) in [5.74, 6) is 1.59. The Hall–Kier alpha value is -2.40. The first-order valence-electron chi connectivity index (χ1n) is 16.6. The lowest BCUT2D eigenvalue weighted by atomic mass is 9.33. The Morgan fingerprint density at radius 2 is 2.02 bits per heavy atom. The van der Waals surface area contributed by atoms with Crippen molar-refractivity contribution in [1.82, 2.24) is 10.2 Å². The zero-order chi connectivity index (χ0) is 31.4. The number of fused-ring (bicyclic) bond motifs is 2. The highest BCUT2D eigenvalue weighted by atomic mass is 16.6. The number of aliphatic hydroxyl groups is 1. The van der Waals surface area contributed by atoms with Crippen LogP contribution in [0.15, 0.2) is 12.1 Å². The van der Waals surface area contributed by atoms with Crippen LogP contribution in [-0.4, -0.2) is 103 Å². The zero-order valence-corrected chi connectivity index (χ0v) is 27.3. The lowest BCUT2D eigenvalue weighted by Crippen LogP contribution is -2.84. The van der Waals surface area contributed by atoms with Crippen LogP contribution in [0.5, 0.6) is 11.5 Å². The standard InChI is InChI=1S/C34H50N4O6/c1-20(35)28(39)36-14-15-37(4)30(40)43-23-10-9-22-17-25-32-11-12-34(42-6,24(18-32)31(2,3)41)29-33(32,26(22)27(23)44-29)13-16-38(25,5)19-21-7-8-21/h9-10,20-21,24-25,29,41H,7-8,11-19,35H2,1-6H3/p+1/t20-,24+,25+,29+,32+,33-,34+,38?/m0/s1. The first-order chi connectivity index (χ1) is 20.7. The maximum Gasteiger partial charge on any atom is 0.415 e. The number of nitrogens with two attached hydrogens (primary N) is 1. The number of nitrogens with one attached hydrogen (secondary N) is 1. The number of likely N-dealkylation sites (N-methyl/N-ethyl adjacent to an activating group) is 2. The Labute approximate surface area is 261 Å². The van der Waals surface area contributed by atoms with E-state index in [1.54, 1.807) is 21.1 Å². The molecule has 1 aromatic carbocycles. The van der Waals surface area contributed by atoms with E-state index in [2.05, 4.69) is 18.4 Å². The van der Waals surface area contributed by atoms with Gasteiger partial charge in [-0.05, 0) is 64.5 Å². The number of carbonyl (C=O) groups is 2. The van der Waals surface area contributed by atoms with Gasteiger partial charge >= 0.3 is 6.09 Å². The summed E-state index contributed by atoms with van der Waals surface area (Å²) in [6, 6.07) is 3.90. The third-order valence-electron chi connectivity index (χ3n) is 12.9. The summed E-state index contributed by atoms with van der Waals surface area (Å²) in [6.45, 7) is 8.38. The van der Waals surface area contributed by atoms with Crippen LogP contribution < -0.4 is 20.5 Å². The van der Waals surface area contributed by atoms with E-state index in [1.165, 1.54) is 35.4 Å². The van der Waals surface area contributed by atoms with Crippen LogP contribution in [0.25, 0.3) is 0 Å². The van der Waals surface area contributed by atoms with Gasteiger partial charge in [0.25, 0.3) is 0 Å². The summed E-state index contributed by atoms with van der Waals surface area (Å²) in [4.78, 5) is 26.6. The minimum Gasteiger partial charge on any atom is -0.482 e. The number of hydrogen-bond acceptors (Lipinski definition) is 7. The van der Waals surface area contributed by atoms with Crippen LogP contribution in [-0.2, 0) is 21.4 Å². The smallest absolute Gasteiger partial charge is 0.415 e. The molecule has 2 amide bonds. The number of hydrogen-bond donors (Lipinski definition) is 3. The minimum atomic E-state index is -0.938. The average Bonchev–Trinajstić information content (AvgIpc) is 3.70. The van der Waals surface area contributed by atoms with Crippen LogP contribution >= 0.6 is 0 Å². The molecule has 8 atom stereocenters. The summed E-state index contributed by atoms with van der Waals surface area (Å²) >= 11 is 0. The lowest BCUT2D eigenvalue weighted by Gasteiger charge is -2.75. The molecule has 44 heavy (non-hydrogen) atoms. The summed E-state index contributed by atoms with van der Waals surface area (Å²) in [6.07, 6.45) is 6.67. The molecule has 0 radical (unpaired) electrons. The average molecular weight is 612 g/mol. The molecule has 8 rings (SSSR count). The van der Waals surface area contributed by atoms with Gasteiger partial charge in [-0.3, -0.25) is 4.79 Å². The van der Waals surface area contributed by atoms with Gasteiger partial charge in [-0.15, -0.1) is 0 Å². The van der Waals surface area contributed by atoms with Crippen molar-refractivity contribution in [2.45, 2.75) is 101 Å². The summed E-state index contributed by atoms with van der Waals surface area (Å²) < 4.78 is 20.8. The SMILES string of the molecule is CO[C@]12CC[C@@]3(C[C@@H]1C(C)(C)O)[C@H]1Cc4ccc(OC(=O)N(C)CCNC(=O)[C@H](C)N)c5c4[C@@]3(CC[N+]1(C)CC1CC1)[C@H]2O5. The molecule has 2 aliphatic heterocycles. The lowest BCUT2D eigenvalue weighted by molar-refractivity contribution is -0.952. The van der Waals surface area contributed by atoms with E-state index in [9.17, 15) is 14.7 Å². The number of benzene rings is 1. The maximum atomic E-state index is 13.3. The number of piperidine rings is 1. The quantitative estimate of drug-likeness (QED) is 0.367. The van der Waals surface area contributed by atoms with E-state index < -0.39 is 23.3 Å². The van der Waals surface area contributed by atoms with Gasteiger partial charge in [0.05, 0.1) is 43.2 Å². The van der Waals surface area contributed by atoms with Gasteiger partial charge in [0.1, 0.15) is 11.7 Å². The molecule has 242 valence electrons. The first-order valence-corrected chi connectivity index (χ1v) is 16.6. The summed E-state index contributed by atoms with van der Waals surface area (Å²) in [7, 11) is 5.94. The monoisotopic (exact) mass is 611 g/mol. The third-order valence-corrected chi connectivity index (χ3v) is 12.9. The number of carbonyl (C=O) groups excluding carboxylic acids is 2. The fourth-order valence-electron chi connectivity index (χ4n) is 10.8. The van der Waals surface area contributed by atoms with E-state index in [0.29, 0.717) is 17.5 Å². The Morgan fingerprint density at radius 1 is 1.27 bits per heavy atom. The second-order valence-corrected chi connectivity index (χ2v) is 15.8. The Bertz CT molecular complexity index is 1370. The predicted molar refractivity (Wildman–Crippen MR) is 164 cm³/mol. The molecule has 10 heteroatoms. The number of quaternary nitrogens is 1. The second kappa shape index (κ2) is 9.80. The van der Waals surface area contributed by atoms with Crippen molar-refractivity contribution < 1.29 is 33.4 Å². The van der Waals surface area contributed by atoms with Crippen molar-refractivity contribution in [3.63, 3.8) is 0 Å². The third kappa shape index (κ3) is 3.99. The number of nitrogens with zero attached hydrogens (tertiary/aromatic N) is 2. The van der Waals surface area contributed by atoms with E-state index in [4.69, 9.17) is 19.9 Å². The van der Waals surface area contributed by atoms with Gasteiger partial charge < -0.3 is 39.8 Å². The van der Waals surface area contributed by atoms with E-state index in [0.717, 1.165) is 49.0 Å². The van der Waals surface area contributed by atoms with Crippen LogP contribution in [0.3, 0.4) is 0 Å². The highest BCUT2D eigenvalue weighted by Gasteiger charge is 2.84. The Kier molecular flexibility index (Phi) is 6.74. The number of likely N-dealkylation sites (tertiary alicyclic amines) is 1. The van der Waals surface area contributed by atoms with Crippen molar-refractivity contribution in [1.29, 1.82) is 0 Å². The number of ether oxygens (including phenoxy) is 3. The summed E-state index contributed by atoms with van der Waals surface area (Å²) in [5, 5.41) is 14.4. The Balaban J connectivity index is 1.28. The van der Waals surface area contributed by atoms with Gasteiger partial charge in [-0.25, -0.2) is 4.79 Å². The van der Waals surface area contributed by atoms with Gasteiger partial charge in [0, 0.05) is 62.9 Å². The molecule has 7 aliphatic rings. The number of methoxy groups -OCH3 is 1. The highest BCUT2D eigenvalue weighted by molar-refractivity contribution is 5.81. The summed E-state index contributed by atoms with van der Waals surface area (Å²) in [5.41, 5.74) is 6.29. The van der Waals surface area contributed by atoms with Crippen molar-refractivity contribution in [2.24, 2.45) is 23.0 Å². The normalized spacial score (nSPS) is 38.4. The molecule has 0 aromatic heterocycles. The zero-order valence-electron chi connectivity index (χ0n) is 27.3. The molecule has 5 fully saturated rings. The van der Waals surface area contributed by atoms with Crippen molar-refractivity contribution in [3.05, 3.63) is 23.3 Å². The number of amides is 2. The van der Waals surface area contributed by atoms with Crippen molar-refractivity contribution in [2.75, 3.05) is 47.4 Å². The fourth-order valence-corrected chi connectivity index (χ4v) is 10.8. The molecule has 4 saturated carbocycles. The molecule has 10 nitrogen and oxygen atoms in total.